The van der Waals surface area contributed by atoms with Crippen molar-refractivity contribution >= 4 is 22.7 Å². The zero-order valence-electron chi connectivity index (χ0n) is 16.0. The van der Waals surface area contributed by atoms with Crippen LogP contribution in [0.4, 0.5) is 10.5 Å². The Hall–Kier alpha value is -3.13. The van der Waals surface area contributed by atoms with E-state index in [0.29, 0.717) is 24.4 Å². The van der Waals surface area contributed by atoms with Crippen LogP contribution in [0.3, 0.4) is 0 Å². The first-order valence-corrected chi connectivity index (χ1v) is 9.28. The maximum absolute atomic E-state index is 12.6. The molecule has 3 aromatic rings. The fourth-order valence-corrected chi connectivity index (χ4v) is 3.46. The zero-order valence-corrected chi connectivity index (χ0v) is 16.0. The van der Waals surface area contributed by atoms with E-state index in [9.17, 15) is 9.59 Å². The zero-order chi connectivity index (χ0) is 19.7. The fraction of sp³-hybridized carbons (Fsp3) is 0.350. The lowest BCUT2D eigenvalue weighted by atomic mass is 10.1. The summed E-state index contributed by atoms with van der Waals surface area (Å²) in [5.41, 5.74) is 1.55. The van der Waals surface area contributed by atoms with Crippen LogP contribution in [0, 0.1) is 6.92 Å². The number of imidazole rings is 1. The van der Waals surface area contributed by atoms with Crippen molar-refractivity contribution in [1.82, 2.24) is 19.4 Å². The van der Waals surface area contributed by atoms with Gasteiger partial charge in [-0.1, -0.05) is 0 Å². The summed E-state index contributed by atoms with van der Waals surface area (Å²) in [5.74, 6) is 1.02. The van der Waals surface area contributed by atoms with E-state index >= 15 is 0 Å². The van der Waals surface area contributed by atoms with Gasteiger partial charge in [0, 0.05) is 68.8 Å². The number of nitrogens with zero attached hydrogens (tertiary/aromatic N) is 4. The molecular weight excluding hydrogens is 358 g/mol. The highest BCUT2D eigenvalue weighted by molar-refractivity contribution is 5.92. The van der Waals surface area contributed by atoms with E-state index in [2.05, 4.69) is 15.2 Å². The van der Waals surface area contributed by atoms with Gasteiger partial charge in [-0.15, -0.1) is 0 Å². The molecule has 146 valence electrons. The van der Waals surface area contributed by atoms with Crippen LogP contribution in [-0.4, -0.2) is 51.6 Å². The average molecular weight is 381 g/mol. The molecule has 1 aromatic carbocycles. The molecule has 8 nitrogen and oxygen atoms in total. The molecule has 1 aliphatic rings. The summed E-state index contributed by atoms with van der Waals surface area (Å²) >= 11 is 0. The molecule has 1 N–H and O–H groups in total. The molecule has 4 rings (SSSR count). The quantitative estimate of drug-likeness (QED) is 0.703. The van der Waals surface area contributed by atoms with Crippen molar-refractivity contribution in [2.75, 3.05) is 31.5 Å². The molecular formula is C20H23N5O3. The molecule has 28 heavy (non-hydrogen) atoms. The normalized spacial score (nSPS) is 15.1. The van der Waals surface area contributed by atoms with Crippen LogP contribution in [0.25, 0.3) is 11.0 Å². The highest BCUT2D eigenvalue weighted by Crippen LogP contribution is 2.21. The second kappa shape index (κ2) is 7.47. The lowest BCUT2D eigenvalue weighted by Gasteiger charge is -2.34. The largest absolute Gasteiger partial charge is 0.423 e. The standard InChI is InChI=1S/C20H23N5O3/c1-14-11-19(26)28-17-12-15(3-4-16(14)17)22-20(27)25-9-7-24(8-10-25)13-18-21-5-6-23(18)2/h3-6,11-12H,7-10,13H2,1-2H3,(H,22,27). The van der Waals surface area contributed by atoms with Gasteiger partial charge in [0.05, 0.1) is 6.54 Å². The van der Waals surface area contributed by atoms with Crippen LogP contribution in [0.15, 0.2) is 45.9 Å². The molecule has 8 heteroatoms. The van der Waals surface area contributed by atoms with Crippen LogP contribution in [0.2, 0.25) is 0 Å². The lowest BCUT2D eigenvalue weighted by molar-refractivity contribution is 0.140. The number of carbonyl (C=O) groups excluding carboxylic acids is 1. The number of urea groups is 1. The number of fused-ring (bicyclic) bond motifs is 1. The Morgan fingerprint density at radius 2 is 2.00 bits per heavy atom. The van der Waals surface area contributed by atoms with Crippen molar-refractivity contribution < 1.29 is 9.21 Å². The van der Waals surface area contributed by atoms with E-state index in [-0.39, 0.29) is 6.03 Å². The van der Waals surface area contributed by atoms with E-state index in [4.69, 9.17) is 4.42 Å². The van der Waals surface area contributed by atoms with Crippen molar-refractivity contribution in [3.63, 3.8) is 0 Å². The Bertz CT molecular complexity index is 1060. The molecule has 0 aliphatic carbocycles. The maximum Gasteiger partial charge on any atom is 0.336 e. The molecule has 0 atom stereocenters. The number of carbonyl (C=O) groups is 1. The number of aromatic nitrogens is 2. The van der Waals surface area contributed by atoms with Crippen molar-refractivity contribution in [2.24, 2.45) is 7.05 Å². The molecule has 1 saturated heterocycles. The predicted molar refractivity (Wildman–Crippen MR) is 106 cm³/mol. The first-order valence-electron chi connectivity index (χ1n) is 9.28. The third kappa shape index (κ3) is 3.77. The number of hydrogen-bond acceptors (Lipinski definition) is 5. The van der Waals surface area contributed by atoms with E-state index in [1.807, 2.05) is 36.9 Å². The van der Waals surface area contributed by atoms with Gasteiger partial charge in [0.15, 0.2) is 0 Å². The Kier molecular flexibility index (Phi) is 4.87. The summed E-state index contributed by atoms with van der Waals surface area (Å²) in [4.78, 5) is 32.6. The van der Waals surface area contributed by atoms with Gasteiger partial charge < -0.3 is 19.2 Å². The number of benzene rings is 1. The van der Waals surface area contributed by atoms with Crippen molar-refractivity contribution in [3.8, 4) is 0 Å². The number of anilines is 1. The molecule has 1 aliphatic heterocycles. The molecule has 0 unspecified atom stereocenters. The minimum Gasteiger partial charge on any atom is -0.423 e. The van der Waals surface area contributed by atoms with Crippen LogP contribution in [-0.2, 0) is 13.6 Å². The first-order chi connectivity index (χ1) is 13.5. The number of amides is 2. The molecule has 0 spiro atoms. The van der Waals surface area contributed by atoms with Gasteiger partial charge in [0.1, 0.15) is 11.4 Å². The number of rotatable bonds is 3. The molecule has 0 bridgehead atoms. The smallest absolute Gasteiger partial charge is 0.336 e. The molecule has 1 fully saturated rings. The van der Waals surface area contributed by atoms with Gasteiger partial charge in [0.25, 0.3) is 0 Å². The summed E-state index contributed by atoms with van der Waals surface area (Å²) in [6.07, 6.45) is 3.73. The van der Waals surface area contributed by atoms with E-state index in [0.717, 1.165) is 36.4 Å². The van der Waals surface area contributed by atoms with Crippen molar-refractivity contribution in [1.29, 1.82) is 0 Å². The van der Waals surface area contributed by atoms with Crippen LogP contribution in [0.1, 0.15) is 11.4 Å². The molecule has 0 radical (unpaired) electrons. The number of hydrogen-bond donors (Lipinski definition) is 1. The highest BCUT2D eigenvalue weighted by atomic mass is 16.4. The summed E-state index contributed by atoms with van der Waals surface area (Å²) < 4.78 is 7.26. The van der Waals surface area contributed by atoms with Gasteiger partial charge in [-0.25, -0.2) is 14.6 Å². The summed E-state index contributed by atoms with van der Waals surface area (Å²) in [7, 11) is 1.99. The summed E-state index contributed by atoms with van der Waals surface area (Å²) in [6.45, 7) is 5.54. The third-order valence-corrected chi connectivity index (χ3v) is 5.15. The Labute approximate surface area is 162 Å². The Morgan fingerprint density at radius 1 is 1.21 bits per heavy atom. The van der Waals surface area contributed by atoms with Gasteiger partial charge in [-0.3, -0.25) is 4.90 Å². The molecule has 2 aromatic heterocycles. The van der Waals surface area contributed by atoms with Gasteiger partial charge in [-0.05, 0) is 24.6 Å². The molecule has 2 amide bonds. The molecule has 0 saturated carbocycles. The second-order valence-electron chi connectivity index (χ2n) is 7.11. The average Bonchev–Trinajstić information content (AvgIpc) is 3.06. The van der Waals surface area contributed by atoms with Gasteiger partial charge in [0.2, 0.25) is 0 Å². The Morgan fingerprint density at radius 3 is 2.71 bits per heavy atom. The Balaban J connectivity index is 1.37. The van der Waals surface area contributed by atoms with Crippen molar-refractivity contribution in [2.45, 2.75) is 13.5 Å². The lowest BCUT2D eigenvalue weighted by Crippen LogP contribution is -2.49. The van der Waals surface area contributed by atoms with Gasteiger partial charge >= 0.3 is 11.7 Å². The van der Waals surface area contributed by atoms with Crippen LogP contribution >= 0.6 is 0 Å². The van der Waals surface area contributed by atoms with Crippen LogP contribution < -0.4 is 10.9 Å². The monoisotopic (exact) mass is 381 g/mol. The minimum atomic E-state index is -0.391. The minimum absolute atomic E-state index is 0.147. The molecule has 3 heterocycles. The second-order valence-corrected chi connectivity index (χ2v) is 7.11. The van der Waals surface area contributed by atoms with Crippen molar-refractivity contribution in [3.05, 3.63) is 58.5 Å². The van der Waals surface area contributed by atoms with Gasteiger partial charge in [-0.2, -0.15) is 0 Å². The SMILES string of the molecule is Cc1cc(=O)oc2cc(NC(=O)N3CCN(Cc4nccn4C)CC3)ccc12. The topological polar surface area (TPSA) is 83.6 Å². The van der Waals surface area contributed by atoms with E-state index in [1.54, 1.807) is 17.2 Å². The number of piperazine rings is 1. The van der Waals surface area contributed by atoms with E-state index < -0.39 is 5.63 Å². The summed E-state index contributed by atoms with van der Waals surface area (Å²) in [6, 6.07) is 6.69. The summed E-state index contributed by atoms with van der Waals surface area (Å²) in [5, 5.41) is 3.76. The first kappa shape index (κ1) is 18.2. The maximum atomic E-state index is 12.6. The fourth-order valence-electron chi connectivity index (χ4n) is 3.46. The highest BCUT2D eigenvalue weighted by Gasteiger charge is 2.22. The van der Waals surface area contributed by atoms with E-state index in [1.165, 1.54) is 6.07 Å². The number of nitrogens with one attached hydrogen (secondary N) is 1. The van der Waals surface area contributed by atoms with Crippen LogP contribution in [0.5, 0.6) is 0 Å². The number of aryl methyl sites for hydroxylation is 2. The third-order valence-electron chi connectivity index (χ3n) is 5.15. The predicted octanol–water partition coefficient (Wildman–Crippen LogP) is 2.18.